The Kier molecular flexibility index (Phi) is 5.44. The molecule has 0 aliphatic rings. The number of ether oxygens (including phenoxy) is 1. The summed E-state index contributed by atoms with van der Waals surface area (Å²) < 4.78 is 10.4. The molecular formula is C16H18ClNO4. The number of fused-ring (bicyclic) bond motifs is 1. The molecule has 0 radical (unpaired) electrons. The maximum absolute atomic E-state index is 12.1. The van der Waals surface area contributed by atoms with Crippen molar-refractivity contribution in [1.29, 1.82) is 0 Å². The molecule has 0 fully saturated rings. The van der Waals surface area contributed by atoms with E-state index in [1.165, 1.54) is 0 Å². The summed E-state index contributed by atoms with van der Waals surface area (Å²) in [6.45, 7) is 4.28. The van der Waals surface area contributed by atoms with Crippen LogP contribution in [0.3, 0.4) is 0 Å². The zero-order chi connectivity index (χ0) is 16.1. The standard InChI is InChI=1S/C16H18ClNO4/c1-3-5-13(19)18-10-6-7-11-12(9-10)15(20)22-16(14(11)17)21-8-4-2/h6-7,9H,3-5,8H2,1-2H3,(H,18,19). The number of rotatable bonds is 6. The van der Waals surface area contributed by atoms with Crippen LogP contribution in [0.1, 0.15) is 33.1 Å². The third-order valence-electron chi connectivity index (χ3n) is 3.04. The summed E-state index contributed by atoms with van der Waals surface area (Å²) >= 11 is 6.21. The van der Waals surface area contributed by atoms with Gasteiger partial charge in [0.2, 0.25) is 5.91 Å². The van der Waals surface area contributed by atoms with Crippen molar-refractivity contribution >= 4 is 34.0 Å². The van der Waals surface area contributed by atoms with E-state index in [4.69, 9.17) is 20.8 Å². The van der Waals surface area contributed by atoms with Crippen LogP contribution in [0.4, 0.5) is 5.69 Å². The van der Waals surface area contributed by atoms with Crippen LogP contribution in [0.5, 0.6) is 5.95 Å². The van der Waals surface area contributed by atoms with Gasteiger partial charge in [0.05, 0.1) is 12.0 Å². The van der Waals surface area contributed by atoms with Gasteiger partial charge in [0.1, 0.15) is 5.02 Å². The Bertz CT molecular complexity index is 739. The van der Waals surface area contributed by atoms with Gasteiger partial charge >= 0.3 is 11.6 Å². The Morgan fingerprint density at radius 1 is 1.27 bits per heavy atom. The lowest BCUT2D eigenvalue weighted by atomic mass is 10.1. The first-order valence-corrected chi connectivity index (χ1v) is 7.63. The second-order valence-electron chi connectivity index (χ2n) is 4.90. The Morgan fingerprint density at radius 3 is 2.73 bits per heavy atom. The molecule has 2 aromatic rings. The molecule has 6 heteroatoms. The number of nitrogens with one attached hydrogen (secondary N) is 1. The van der Waals surface area contributed by atoms with Crippen molar-refractivity contribution in [3.05, 3.63) is 33.6 Å². The van der Waals surface area contributed by atoms with Crippen LogP contribution in [0.2, 0.25) is 5.02 Å². The van der Waals surface area contributed by atoms with Crippen LogP contribution >= 0.6 is 11.6 Å². The Morgan fingerprint density at radius 2 is 2.05 bits per heavy atom. The van der Waals surface area contributed by atoms with Crippen molar-refractivity contribution in [2.45, 2.75) is 33.1 Å². The van der Waals surface area contributed by atoms with Crippen molar-refractivity contribution in [2.75, 3.05) is 11.9 Å². The zero-order valence-corrected chi connectivity index (χ0v) is 13.3. The number of amides is 1. The highest BCUT2D eigenvalue weighted by atomic mass is 35.5. The van der Waals surface area contributed by atoms with Gasteiger partial charge in [-0.2, -0.15) is 0 Å². The molecule has 118 valence electrons. The summed E-state index contributed by atoms with van der Waals surface area (Å²) in [5.74, 6) is -0.0657. The van der Waals surface area contributed by atoms with Gasteiger partial charge in [-0.25, -0.2) is 4.79 Å². The summed E-state index contributed by atoms with van der Waals surface area (Å²) in [4.78, 5) is 23.7. The van der Waals surface area contributed by atoms with Crippen LogP contribution in [0.25, 0.3) is 10.8 Å². The molecule has 2 rings (SSSR count). The number of hydrogen-bond donors (Lipinski definition) is 1. The molecule has 0 spiro atoms. The van der Waals surface area contributed by atoms with Crippen molar-refractivity contribution in [1.82, 2.24) is 0 Å². The fourth-order valence-corrected chi connectivity index (χ4v) is 2.27. The van der Waals surface area contributed by atoms with E-state index in [0.717, 1.165) is 12.8 Å². The molecule has 0 bridgehead atoms. The molecule has 22 heavy (non-hydrogen) atoms. The van der Waals surface area contributed by atoms with Gasteiger partial charge < -0.3 is 14.5 Å². The minimum Gasteiger partial charge on any atom is -0.464 e. The molecule has 5 nitrogen and oxygen atoms in total. The first-order valence-electron chi connectivity index (χ1n) is 7.25. The van der Waals surface area contributed by atoms with Crippen LogP contribution in [-0.4, -0.2) is 12.5 Å². The van der Waals surface area contributed by atoms with E-state index in [2.05, 4.69) is 5.32 Å². The van der Waals surface area contributed by atoms with Crippen molar-refractivity contribution in [3.63, 3.8) is 0 Å². The van der Waals surface area contributed by atoms with Gasteiger partial charge in [0, 0.05) is 17.5 Å². The predicted octanol–water partition coefficient (Wildman–Crippen LogP) is 3.97. The molecule has 0 aliphatic carbocycles. The van der Waals surface area contributed by atoms with Gasteiger partial charge in [-0.3, -0.25) is 4.79 Å². The maximum atomic E-state index is 12.1. The van der Waals surface area contributed by atoms with Crippen molar-refractivity contribution < 1.29 is 13.9 Å². The Hall–Kier alpha value is -2.01. The van der Waals surface area contributed by atoms with Crippen LogP contribution < -0.4 is 15.7 Å². The van der Waals surface area contributed by atoms with E-state index in [-0.39, 0.29) is 16.9 Å². The summed E-state index contributed by atoms with van der Waals surface area (Å²) in [5, 5.41) is 3.84. The summed E-state index contributed by atoms with van der Waals surface area (Å²) in [6, 6.07) is 4.93. The summed E-state index contributed by atoms with van der Waals surface area (Å²) in [7, 11) is 0. The molecule has 1 N–H and O–H groups in total. The quantitative estimate of drug-likeness (QED) is 0.873. The smallest absolute Gasteiger partial charge is 0.346 e. The molecule has 1 aromatic carbocycles. The van der Waals surface area contributed by atoms with E-state index in [0.29, 0.717) is 29.5 Å². The third kappa shape index (κ3) is 3.60. The van der Waals surface area contributed by atoms with E-state index in [9.17, 15) is 9.59 Å². The second-order valence-corrected chi connectivity index (χ2v) is 5.28. The first-order chi connectivity index (χ1) is 10.6. The molecule has 0 saturated carbocycles. The molecular weight excluding hydrogens is 306 g/mol. The normalized spacial score (nSPS) is 10.7. The van der Waals surface area contributed by atoms with Gasteiger partial charge in [-0.05, 0) is 25.0 Å². The average molecular weight is 324 g/mol. The first kappa shape index (κ1) is 16.4. The highest BCUT2D eigenvalue weighted by molar-refractivity contribution is 6.36. The number of anilines is 1. The Labute approximate surface area is 133 Å². The monoisotopic (exact) mass is 323 g/mol. The fourth-order valence-electron chi connectivity index (χ4n) is 2.01. The lowest BCUT2D eigenvalue weighted by Gasteiger charge is -2.09. The summed E-state index contributed by atoms with van der Waals surface area (Å²) in [5.41, 5.74) is -0.00589. The number of hydrogen-bond acceptors (Lipinski definition) is 4. The van der Waals surface area contributed by atoms with Gasteiger partial charge in [-0.15, -0.1) is 0 Å². The number of benzene rings is 1. The van der Waals surface area contributed by atoms with Crippen molar-refractivity contribution in [2.24, 2.45) is 0 Å². The van der Waals surface area contributed by atoms with Gasteiger partial charge in [-0.1, -0.05) is 31.5 Å². The number of halogens is 1. The minimum atomic E-state index is -0.544. The van der Waals surface area contributed by atoms with E-state index < -0.39 is 5.63 Å². The minimum absolute atomic E-state index is 0.0313. The second kappa shape index (κ2) is 7.31. The highest BCUT2D eigenvalue weighted by Crippen LogP contribution is 2.31. The average Bonchev–Trinajstić information content (AvgIpc) is 2.49. The van der Waals surface area contributed by atoms with Crippen LogP contribution in [0, 0.1) is 0 Å². The molecule has 1 aromatic heterocycles. The van der Waals surface area contributed by atoms with Crippen molar-refractivity contribution in [3.8, 4) is 5.95 Å². The van der Waals surface area contributed by atoms with Crippen LogP contribution in [-0.2, 0) is 4.79 Å². The lowest BCUT2D eigenvalue weighted by molar-refractivity contribution is -0.116. The van der Waals surface area contributed by atoms with Gasteiger partial charge in [0.25, 0.3) is 0 Å². The number of carbonyl (C=O) groups is 1. The molecule has 0 saturated heterocycles. The van der Waals surface area contributed by atoms with E-state index in [1.807, 2.05) is 13.8 Å². The van der Waals surface area contributed by atoms with Crippen LogP contribution in [0.15, 0.2) is 27.4 Å². The molecule has 1 heterocycles. The maximum Gasteiger partial charge on any atom is 0.346 e. The molecule has 1 amide bonds. The van der Waals surface area contributed by atoms with E-state index >= 15 is 0 Å². The molecule has 0 atom stereocenters. The Balaban J connectivity index is 2.39. The SMILES string of the molecule is CCCOc1oc(=O)c2cc(NC(=O)CCC)ccc2c1Cl. The van der Waals surface area contributed by atoms with Gasteiger partial charge in [0.15, 0.2) is 0 Å². The number of carbonyl (C=O) groups excluding carboxylic acids is 1. The molecule has 0 unspecified atom stereocenters. The molecule has 0 aliphatic heterocycles. The zero-order valence-electron chi connectivity index (χ0n) is 12.6. The third-order valence-corrected chi connectivity index (χ3v) is 3.40. The topological polar surface area (TPSA) is 68.5 Å². The highest BCUT2D eigenvalue weighted by Gasteiger charge is 2.14. The fraction of sp³-hybridized carbons (Fsp3) is 0.375. The largest absolute Gasteiger partial charge is 0.464 e. The summed E-state index contributed by atoms with van der Waals surface area (Å²) in [6.07, 6.45) is 1.96. The lowest BCUT2D eigenvalue weighted by Crippen LogP contribution is -2.11. The predicted molar refractivity (Wildman–Crippen MR) is 86.8 cm³/mol. The van der Waals surface area contributed by atoms with E-state index in [1.54, 1.807) is 18.2 Å².